The molecule has 160 valence electrons. The second-order valence-corrected chi connectivity index (χ2v) is 7.42. The molecule has 0 saturated heterocycles. The number of rotatable bonds is 6. The van der Waals surface area contributed by atoms with Gasteiger partial charge in [-0.25, -0.2) is 4.98 Å². The molecule has 0 aliphatic rings. The molecule has 0 fully saturated rings. The number of H-pyrrole nitrogens is 1. The number of benzene rings is 3. The Morgan fingerprint density at radius 3 is 2.50 bits per heavy atom. The Bertz CT molecular complexity index is 1280. The summed E-state index contributed by atoms with van der Waals surface area (Å²) < 4.78 is 0. The predicted octanol–water partition coefficient (Wildman–Crippen LogP) is 4.72. The number of amides is 1. The molecule has 32 heavy (non-hydrogen) atoms. The van der Waals surface area contributed by atoms with Crippen molar-refractivity contribution in [2.45, 2.75) is 0 Å². The Labute approximate surface area is 186 Å². The van der Waals surface area contributed by atoms with Gasteiger partial charge >= 0.3 is 0 Å². The quantitative estimate of drug-likeness (QED) is 0.390. The maximum absolute atomic E-state index is 12.6. The van der Waals surface area contributed by atoms with Crippen molar-refractivity contribution in [2.24, 2.45) is 10.7 Å². The molecule has 4 rings (SSSR count). The van der Waals surface area contributed by atoms with Crippen molar-refractivity contribution in [1.29, 1.82) is 0 Å². The summed E-state index contributed by atoms with van der Waals surface area (Å²) in [7, 11) is 3.93. The molecule has 3 aromatic carbocycles. The van der Waals surface area contributed by atoms with Crippen LogP contribution in [0.5, 0.6) is 0 Å². The van der Waals surface area contributed by atoms with Crippen LogP contribution in [0.2, 0.25) is 0 Å². The van der Waals surface area contributed by atoms with Gasteiger partial charge in [0, 0.05) is 42.8 Å². The Kier molecular flexibility index (Phi) is 5.98. The van der Waals surface area contributed by atoms with Crippen molar-refractivity contribution in [3.05, 3.63) is 84.6 Å². The van der Waals surface area contributed by atoms with E-state index in [-0.39, 0.29) is 5.91 Å². The van der Waals surface area contributed by atoms with Gasteiger partial charge in [-0.3, -0.25) is 9.79 Å². The number of aliphatic imine (C=N–C) groups is 1. The van der Waals surface area contributed by atoms with E-state index in [1.807, 2.05) is 85.7 Å². The first kappa shape index (κ1) is 20.9. The van der Waals surface area contributed by atoms with E-state index in [2.05, 4.69) is 20.3 Å². The summed E-state index contributed by atoms with van der Waals surface area (Å²) in [5, 5.41) is 2.95. The monoisotopic (exact) mass is 424 g/mol. The van der Waals surface area contributed by atoms with Crippen molar-refractivity contribution in [1.82, 2.24) is 9.97 Å². The summed E-state index contributed by atoms with van der Waals surface area (Å²) in [5.41, 5.74) is 11.1. The van der Waals surface area contributed by atoms with E-state index in [1.165, 1.54) is 6.20 Å². The number of imidazole rings is 1. The minimum Gasteiger partial charge on any atom is -0.405 e. The van der Waals surface area contributed by atoms with Crippen LogP contribution in [0, 0.1) is 0 Å². The van der Waals surface area contributed by atoms with E-state index in [1.54, 1.807) is 12.3 Å². The van der Waals surface area contributed by atoms with Crippen LogP contribution >= 0.6 is 0 Å². The third kappa shape index (κ3) is 4.67. The summed E-state index contributed by atoms with van der Waals surface area (Å²) in [4.78, 5) is 26.9. The maximum atomic E-state index is 12.6. The number of nitrogens with two attached hydrogens (primary N) is 1. The minimum absolute atomic E-state index is 0.157. The van der Waals surface area contributed by atoms with Crippen molar-refractivity contribution in [3.8, 4) is 11.4 Å². The van der Waals surface area contributed by atoms with Gasteiger partial charge in [-0.05, 0) is 79.0 Å². The van der Waals surface area contributed by atoms with Crippen LogP contribution in [0.3, 0.4) is 0 Å². The molecule has 1 aromatic heterocycles. The maximum Gasteiger partial charge on any atom is 0.255 e. The van der Waals surface area contributed by atoms with Crippen LogP contribution in [-0.4, -0.2) is 36.2 Å². The molecule has 4 aromatic rings. The second-order valence-electron chi connectivity index (χ2n) is 7.42. The predicted molar refractivity (Wildman–Crippen MR) is 132 cm³/mol. The molecule has 0 aliphatic heterocycles. The first-order chi connectivity index (χ1) is 15.5. The molecule has 7 nitrogen and oxygen atoms in total. The van der Waals surface area contributed by atoms with E-state index in [4.69, 9.17) is 5.73 Å². The molecule has 7 heteroatoms. The fourth-order valence-corrected chi connectivity index (χ4v) is 3.22. The van der Waals surface area contributed by atoms with Crippen LogP contribution in [0.15, 0.2) is 84.0 Å². The molecule has 0 bridgehead atoms. The number of aromatic amines is 1. The van der Waals surface area contributed by atoms with E-state index in [0.717, 1.165) is 33.8 Å². The molecule has 1 heterocycles. The summed E-state index contributed by atoms with van der Waals surface area (Å²) in [6, 6.07) is 20.8. The average molecular weight is 425 g/mol. The van der Waals surface area contributed by atoms with Crippen molar-refractivity contribution in [3.63, 3.8) is 0 Å². The molecule has 0 unspecified atom stereocenters. The van der Waals surface area contributed by atoms with Crippen molar-refractivity contribution < 1.29 is 4.79 Å². The Morgan fingerprint density at radius 1 is 1.06 bits per heavy atom. The zero-order valence-corrected chi connectivity index (χ0v) is 17.9. The second kappa shape index (κ2) is 9.18. The van der Waals surface area contributed by atoms with Gasteiger partial charge in [0.15, 0.2) is 0 Å². The fraction of sp³-hybridized carbons (Fsp3) is 0.0800. The highest BCUT2D eigenvalue weighted by Crippen LogP contribution is 2.25. The lowest BCUT2D eigenvalue weighted by Crippen LogP contribution is -2.13. The highest BCUT2D eigenvalue weighted by atomic mass is 16.1. The van der Waals surface area contributed by atoms with Gasteiger partial charge in [0.25, 0.3) is 5.91 Å². The standard InChI is InChI=1S/C25H24N6O/c1-31(2)21-11-6-18(7-12-21)25(32)28-20-10-13-22-23(16-20)30-24(29-22)17-4-8-19(9-5-17)27-15-3-14-26/h3-16H,26H2,1-2H3,(H,28,32)(H,29,30). The van der Waals surface area contributed by atoms with Crippen LogP contribution < -0.4 is 16.0 Å². The third-order valence-corrected chi connectivity index (χ3v) is 4.95. The fourth-order valence-electron chi connectivity index (χ4n) is 3.22. The number of hydrogen-bond donors (Lipinski definition) is 3. The van der Waals surface area contributed by atoms with Crippen LogP contribution in [-0.2, 0) is 0 Å². The number of allylic oxidation sites excluding steroid dienone is 1. The number of fused-ring (bicyclic) bond motifs is 1. The van der Waals surface area contributed by atoms with Gasteiger partial charge in [0.2, 0.25) is 0 Å². The lowest BCUT2D eigenvalue weighted by atomic mass is 10.2. The molecule has 1 amide bonds. The first-order valence-electron chi connectivity index (χ1n) is 10.1. The lowest BCUT2D eigenvalue weighted by molar-refractivity contribution is 0.102. The smallest absolute Gasteiger partial charge is 0.255 e. The Morgan fingerprint density at radius 2 is 1.81 bits per heavy atom. The van der Waals surface area contributed by atoms with Crippen molar-refractivity contribution >= 4 is 40.2 Å². The van der Waals surface area contributed by atoms with Crippen LogP contribution in [0.4, 0.5) is 17.1 Å². The van der Waals surface area contributed by atoms with Crippen LogP contribution in [0.25, 0.3) is 22.4 Å². The number of carbonyl (C=O) groups excluding carboxylic acids is 1. The number of nitrogens with one attached hydrogen (secondary N) is 2. The number of carbonyl (C=O) groups is 1. The minimum atomic E-state index is -0.157. The van der Waals surface area contributed by atoms with Crippen molar-refractivity contribution in [2.75, 3.05) is 24.3 Å². The Balaban J connectivity index is 1.51. The van der Waals surface area contributed by atoms with Gasteiger partial charge in [0.1, 0.15) is 5.82 Å². The molecule has 4 N–H and O–H groups in total. The number of nitrogens with zero attached hydrogens (tertiary/aromatic N) is 3. The zero-order valence-electron chi connectivity index (χ0n) is 17.9. The summed E-state index contributed by atoms with van der Waals surface area (Å²) in [6.45, 7) is 0. The van der Waals surface area contributed by atoms with Gasteiger partial charge < -0.3 is 20.9 Å². The third-order valence-electron chi connectivity index (χ3n) is 4.95. The first-order valence-corrected chi connectivity index (χ1v) is 10.1. The number of aromatic nitrogens is 2. The van der Waals surface area contributed by atoms with E-state index >= 15 is 0 Å². The average Bonchev–Trinajstić information content (AvgIpc) is 3.23. The number of anilines is 2. The van der Waals surface area contributed by atoms with Gasteiger partial charge in [-0.1, -0.05) is 0 Å². The molecular weight excluding hydrogens is 400 g/mol. The van der Waals surface area contributed by atoms with E-state index < -0.39 is 0 Å². The summed E-state index contributed by atoms with van der Waals surface area (Å²) in [6.07, 6.45) is 4.74. The molecule has 0 atom stereocenters. The molecule has 0 radical (unpaired) electrons. The summed E-state index contributed by atoms with van der Waals surface area (Å²) in [5.74, 6) is 0.593. The SMILES string of the molecule is CN(C)c1ccc(C(=O)Nc2ccc3nc(-c4ccc(N=CC=CN)cc4)[nH]c3c2)cc1. The van der Waals surface area contributed by atoms with Gasteiger partial charge in [-0.15, -0.1) is 0 Å². The van der Waals surface area contributed by atoms with Gasteiger partial charge in [0.05, 0.1) is 16.7 Å². The topological polar surface area (TPSA) is 99.4 Å². The normalized spacial score (nSPS) is 11.4. The zero-order chi connectivity index (χ0) is 22.5. The van der Waals surface area contributed by atoms with Gasteiger partial charge in [-0.2, -0.15) is 0 Å². The lowest BCUT2D eigenvalue weighted by Gasteiger charge is -2.12. The van der Waals surface area contributed by atoms with Crippen LogP contribution in [0.1, 0.15) is 10.4 Å². The molecule has 0 spiro atoms. The highest BCUT2D eigenvalue weighted by Gasteiger charge is 2.10. The number of hydrogen-bond acceptors (Lipinski definition) is 5. The molecule has 0 saturated carbocycles. The van der Waals surface area contributed by atoms with E-state index in [9.17, 15) is 4.79 Å². The molecule has 0 aliphatic carbocycles. The Hall–Kier alpha value is -4.39. The molecular formula is C25H24N6O. The largest absolute Gasteiger partial charge is 0.405 e. The summed E-state index contributed by atoms with van der Waals surface area (Å²) >= 11 is 0. The van der Waals surface area contributed by atoms with E-state index in [0.29, 0.717) is 11.3 Å². The highest BCUT2D eigenvalue weighted by molar-refractivity contribution is 6.05.